The maximum absolute atomic E-state index is 13.2. The zero-order valence-electron chi connectivity index (χ0n) is 16.6. The van der Waals surface area contributed by atoms with Crippen LogP contribution >= 0.6 is 0 Å². The lowest BCUT2D eigenvalue weighted by Crippen LogP contribution is -2.47. The number of piperazine rings is 1. The second-order valence-corrected chi connectivity index (χ2v) is 9.86. The van der Waals surface area contributed by atoms with Gasteiger partial charge in [-0.05, 0) is 49.7 Å². The van der Waals surface area contributed by atoms with Gasteiger partial charge >= 0.3 is 0 Å². The van der Waals surface area contributed by atoms with Crippen molar-refractivity contribution in [2.45, 2.75) is 36.1 Å². The molecule has 2 atom stereocenters. The van der Waals surface area contributed by atoms with E-state index in [-0.39, 0.29) is 16.8 Å². The molecule has 2 aromatic rings. The molecular formula is C21H27FN4O2S. The smallest absolute Gasteiger partial charge is 0.244 e. The van der Waals surface area contributed by atoms with Crippen LogP contribution in [0.2, 0.25) is 0 Å². The van der Waals surface area contributed by atoms with Gasteiger partial charge in [-0.3, -0.25) is 0 Å². The molecular weight excluding hydrogens is 391 g/mol. The van der Waals surface area contributed by atoms with Crippen LogP contribution in [0.25, 0.3) is 0 Å². The minimum absolute atomic E-state index is 0.202. The summed E-state index contributed by atoms with van der Waals surface area (Å²) < 4.78 is 40.4. The summed E-state index contributed by atoms with van der Waals surface area (Å²) in [5, 5.41) is 3.45. The van der Waals surface area contributed by atoms with Crippen molar-refractivity contribution in [1.29, 1.82) is 0 Å². The van der Waals surface area contributed by atoms with Gasteiger partial charge in [0.25, 0.3) is 0 Å². The number of aromatic nitrogens is 1. The molecule has 0 amide bonds. The third-order valence-electron chi connectivity index (χ3n) is 5.98. The molecule has 8 heteroatoms. The molecule has 2 aliphatic rings. The molecule has 2 unspecified atom stereocenters. The summed E-state index contributed by atoms with van der Waals surface area (Å²) in [5.41, 5.74) is 1.12. The third kappa shape index (κ3) is 4.44. The molecule has 1 aliphatic heterocycles. The molecule has 6 nitrogen and oxygen atoms in total. The van der Waals surface area contributed by atoms with Crippen molar-refractivity contribution in [2.75, 3.05) is 38.5 Å². The lowest BCUT2D eigenvalue weighted by Gasteiger charge is -2.31. The van der Waals surface area contributed by atoms with Crippen molar-refractivity contribution >= 4 is 15.8 Å². The molecule has 1 saturated heterocycles. The highest BCUT2D eigenvalue weighted by atomic mass is 32.2. The molecule has 1 aliphatic carbocycles. The van der Waals surface area contributed by atoms with E-state index in [1.165, 1.54) is 22.6 Å². The van der Waals surface area contributed by atoms with Gasteiger partial charge in [-0.1, -0.05) is 18.6 Å². The Morgan fingerprint density at radius 2 is 1.76 bits per heavy atom. The highest BCUT2D eigenvalue weighted by molar-refractivity contribution is 7.89. The lowest BCUT2D eigenvalue weighted by molar-refractivity contribution is 0.222. The Morgan fingerprint density at radius 3 is 2.41 bits per heavy atom. The summed E-state index contributed by atoms with van der Waals surface area (Å²) in [6, 6.07) is 10.3. The zero-order chi connectivity index (χ0) is 20.4. The van der Waals surface area contributed by atoms with E-state index < -0.39 is 10.0 Å². The van der Waals surface area contributed by atoms with Crippen molar-refractivity contribution in [1.82, 2.24) is 14.2 Å². The number of pyridine rings is 1. The summed E-state index contributed by atoms with van der Waals surface area (Å²) in [6.07, 6.45) is 4.58. The summed E-state index contributed by atoms with van der Waals surface area (Å²) in [5.74, 6) is 0.738. The van der Waals surface area contributed by atoms with Crippen LogP contribution in [0.15, 0.2) is 47.5 Å². The van der Waals surface area contributed by atoms with Crippen LogP contribution < -0.4 is 5.32 Å². The van der Waals surface area contributed by atoms with Crippen LogP contribution in [-0.4, -0.2) is 61.9 Å². The molecule has 0 bridgehead atoms. The minimum atomic E-state index is -3.51. The van der Waals surface area contributed by atoms with E-state index >= 15 is 0 Å². The Hall–Kier alpha value is -2.03. The molecule has 0 spiro atoms. The molecule has 1 aromatic heterocycles. The van der Waals surface area contributed by atoms with Crippen molar-refractivity contribution in [3.05, 3.63) is 54.0 Å². The Labute approximate surface area is 171 Å². The van der Waals surface area contributed by atoms with E-state index in [2.05, 4.69) is 15.2 Å². The largest absolute Gasteiger partial charge is 0.367 e. The fourth-order valence-electron chi connectivity index (χ4n) is 4.23. The molecule has 4 rings (SSSR count). The number of anilines is 1. The van der Waals surface area contributed by atoms with Gasteiger partial charge in [0.2, 0.25) is 10.0 Å². The van der Waals surface area contributed by atoms with E-state index in [1.807, 2.05) is 19.2 Å². The Balaban J connectivity index is 1.44. The van der Waals surface area contributed by atoms with Gasteiger partial charge in [0.15, 0.2) is 0 Å². The van der Waals surface area contributed by atoms with E-state index in [0.29, 0.717) is 24.8 Å². The summed E-state index contributed by atoms with van der Waals surface area (Å²) in [7, 11) is -1.51. The first-order valence-electron chi connectivity index (χ1n) is 10.1. The normalized spacial score (nSPS) is 23.9. The fraction of sp³-hybridized carbons (Fsp3) is 0.476. The molecule has 29 heavy (non-hydrogen) atoms. The second-order valence-electron chi connectivity index (χ2n) is 7.93. The number of hydrogen-bond donors (Lipinski definition) is 1. The van der Waals surface area contributed by atoms with E-state index in [1.54, 1.807) is 12.1 Å². The Bertz CT molecular complexity index is 926. The van der Waals surface area contributed by atoms with Crippen LogP contribution in [0.3, 0.4) is 0 Å². The highest BCUT2D eigenvalue weighted by Gasteiger charge is 2.30. The van der Waals surface area contributed by atoms with Gasteiger partial charge in [-0.2, -0.15) is 4.31 Å². The average Bonchev–Trinajstić information content (AvgIpc) is 3.17. The SMILES string of the molecule is CN1CCN(S(=O)(=O)c2ccc(NC3CCCC3c3ccc(F)cc3)nc2)CC1. The summed E-state index contributed by atoms with van der Waals surface area (Å²) in [6.45, 7) is 2.47. The predicted molar refractivity (Wildman–Crippen MR) is 111 cm³/mol. The standard InChI is InChI=1S/C21H27FN4O2S/c1-25-11-13-26(14-12-25)29(27,28)18-9-10-21(23-15-18)24-20-4-2-3-19(20)16-5-7-17(22)8-6-16/h5-10,15,19-20H,2-4,11-14H2,1H3,(H,23,24). The number of sulfonamides is 1. The second kappa shape index (κ2) is 8.38. The molecule has 1 N–H and O–H groups in total. The highest BCUT2D eigenvalue weighted by Crippen LogP contribution is 2.36. The minimum Gasteiger partial charge on any atom is -0.367 e. The van der Waals surface area contributed by atoms with E-state index in [4.69, 9.17) is 0 Å². The maximum Gasteiger partial charge on any atom is 0.244 e. The number of benzene rings is 1. The van der Waals surface area contributed by atoms with Gasteiger partial charge in [-0.25, -0.2) is 17.8 Å². The number of likely N-dealkylation sites (N-methyl/N-ethyl adjacent to an activating group) is 1. The first-order valence-corrected chi connectivity index (χ1v) is 11.5. The van der Waals surface area contributed by atoms with Crippen LogP contribution in [0.1, 0.15) is 30.7 Å². The fourth-order valence-corrected chi connectivity index (χ4v) is 5.60. The quantitative estimate of drug-likeness (QED) is 0.809. The monoisotopic (exact) mass is 418 g/mol. The van der Waals surface area contributed by atoms with E-state index in [9.17, 15) is 12.8 Å². The number of nitrogens with zero attached hydrogens (tertiary/aromatic N) is 3. The van der Waals surface area contributed by atoms with Gasteiger partial charge in [0.05, 0.1) is 0 Å². The topological polar surface area (TPSA) is 65.5 Å². The van der Waals surface area contributed by atoms with Crippen molar-refractivity contribution in [3.63, 3.8) is 0 Å². The maximum atomic E-state index is 13.2. The molecule has 1 saturated carbocycles. The van der Waals surface area contributed by atoms with Crippen molar-refractivity contribution < 1.29 is 12.8 Å². The summed E-state index contributed by atoms with van der Waals surface area (Å²) in [4.78, 5) is 6.73. The first-order chi connectivity index (χ1) is 13.9. The number of rotatable bonds is 5. The van der Waals surface area contributed by atoms with Crippen LogP contribution in [-0.2, 0) is 10.0 Å². The Kier molecular flexibility index (Phi) is 5.85. The predicted octanol–water partition coefficient (Wildman–Crippen LogP) is 2.91. The van der Waals surface area contributed by atoms with Gasteiger partial charge in [-0.15, -0.1) is 0 Å². The molecule has 156 valence electrons. The van der Waals surface area contributed by atoms with Crippen LogP contribution in [0, 0.1) is 5.82 Å². The van der Waals surface area contributed by atoms with Gasteiger partial charge in [0.1, 0.15) is 16.5 Å². The molecule has 0 radical (unpaired) electrons. The van der Waals surface area contributed by atoms with Gasteiger partial charge in [0, 0.05) is 44.3 Å². The van der Waals surface area contributed by atoms with Crippen molar-refractivity contribution in [3.8, 4) is 0 Å². The number of hydrogen-bond acceptors (Lipinski definition) is 5. The zero-order valence-corrected chi connectivity index (χ0v) is 17.4. The van der Waals surface area contributed by atoms with E-state index in [0.717, 1.165) is 37.9 Å². The number of nitrogens with one attached hydrogen (secondary N) is 1. The Morgan fingerprint density at radius 1 is 1.03 bits per heavy atom. The molecule has 2 fully saturated rings. The molecule has 2 heterocycles. The first kappa shape index (κ1) is 20.3. The average molecular weight is 419 g/mol. The molecule has 1 aromatic carbocycles. The number of halogens is 1. The lowest BCUT2D eigenvalue weighted by atomic mass is 9.94. The third-order valence-corrected chi connectivity index (χ3v) is 7.87. The van der Waals surface area contributed by atoms with Crippen LogP contribution in [0.4, 0.5) is 10.2 Å². The van der Waals surface area contributed by atoms with Gasteiger partial charge < -0.3 is 10.2 Å². The summed E-state index contributed by atoms with van der Waals surface area (Å²) >= 11 is 0. The van der Waals surface area contributed by atoms with Crippen LogP contribution in [0.5, 0.6) is 0 Å². The van der Waals surface area contributed by atoms with Crippen molar-refractivity contribution in [2.24, 2.45) is 0 Å².